The number of ether oxygens (including phenoxy) is 2. The van der Waals surface area contributed by atoms with Crippen LogP contribution in [0.15, 0.2) is 29.8 Å². The number of fused-ring (bicyclic) bond motifs is 1. The third-order valence-electron chi connectivity index (χ3n) is 4.51. The van der Waals surface area contributed by atoms with Crippen LogP contribution < -0.4 is 9.47 Å². The summed E-state index contributed by atoms with van der Waals surface area (Å²) in [7, 11) is 1.63. The lowest BCUT2D eigenvalue weighted by Crippen LogP contribution is -2.35. The summed E-state index contributed by atoms with van der Waals surface area (Å²) in [6.07, 6.45) is 4.93. The van der Waals surface area contributed by atoms with Crippen molar-refractivity contribution in [1.29, 1.82) is 0 Å². The number of methoxy groups -OCH3 is 1. The summed E-state index contributed by atoms with van der Waals surface area (Å²) in [5.41, 5.74) is 2.09. The summed E-state index contributed by atoms with van der Waals surface area (Å²) in [5, 5.41) is 0. The van der Waals surface area contributed by atoms with E-state index in [9.17, 15) is 4.79 Å². The first-order valence-electron chi connectivity index (χ1n) is 7.62. The Morgan fingerprint density at radius 1 is 1.29 bits per heavy atom. The highest BCUT2D eigenvalue weighted by Crippen LogP contribution is 2.38. The van der Waals surface area contributed by atoms with E-state index in [2.05, 4.69) is 19.9 Å². The van der Waals surface area contributed by atoms with E-state index in [1.807, 2.05) is 12.1 Å². The average Bonchev–Trinajstić information content (AvgIpc) is 2.45. The van der Waals surface area contributed by atoms with E-state index in [-0.39, 0.29) is 11.9 Å². The Morgan fingerprint density at radius 2 is 2.10 bits per heavy atom. The zero-order valence-corrected chi connectivity index (χ0v) is 12.9. The van der Waals surface area contributed by atoms with Crippen LogP contribution in [0.2, 0.25) is 0 Å². The minimum Gasteiger partial charge on any atom is -0.497 e. The van der Waals surface area contributed by atoms with Crippen LogP contribution in [-0.4, -0.2) is 19.0 Å². The van der Waals surface area contributed by atoms with E-state index in [1.54, 1.807) is 13.2 Å². The first kappa shape index (κ1) is 14.2. The van der Waals surface area contributed by atoms with Gasteiger partial charge in [0.25, 0.3) is 0 Å². The van der Waals surface area contributed by atoms with Crippen molar-refractivity contribution in [3.8, 4) is 11.5 Å². The maximum absolute atomic E-state index is 12.4. The molecule has 0 saturated heterocycles. The molecule has 0 fully saturated rings. The molecule has 112 valence electrons. The fourth-order valence-corrected chi connectivity index (χ4v) is 3.60. The second-order valence-electron chi connectivity index (χ2n) is 6.34. The third-order valence-corrected chi connectivity index (χ3v) is 4.51. The molecule has 0 bridgehead atoms. The normalized spacial score (nSPS) is 28.4. The number of ketones is 1. The molecule has 0 N–H and O–H groups in total. The summed E-state index contributed by atoms with van der Waals surface area (Å²) in [6.45, 7) is 4.40. The fraction of sp³-hybridized carbons (Fsp3) is 0.500. The Hall–Kier alpha value is -1.77. The Balaban J connectivity index is 1.84. The molecule has 1 aliphatic heterocycles. The van der Waals surface area contributed by atoms with Gasteiger partial charge in [0.05, 0.1) is 12.7 Å². The zero-order chi connectivity index (χ0) is 15.0. The second-order valence-corrected chi connectivity index (χ2v) is 6.34. The van der Waals surface area contributed by atoms with Crippen LogP contribution in [0.3, 0.4) is 0 Å². The van der Waals surface area contributed by atoms with Gasteiger partial charge in [0, 0.05) is 18.4 Å². The van der Waals surface area contributed by atoms with Gasteiger partial charge in [-0.05, 0) is 37.8 Å². The number of hydrogen-bond acceptors (Lipinski definition) is 3. The lowest BCUT2D eigenvalue weighted by Gasteiger charge is -2.35. The van der Waals surface area contributed by atoms with Gasteiger partial charge in [-0.15, -0.1) is 0 Å². The molecule has 3 nitrogen and oxygen atoms in total. The first-order valence-corrected chi connectivity index (χ1v) is 7.62. The number of rotatable bonds is 2. The number of carbonyl (C=O) groups is 1. The number of Topliss-reactive ketones (excluding diaryl/α,β-unsaturated/α-hetero) is 1. The summed E-state index contributed by atoms with van der Waals surface area (Å²) in [4.78, 5) is 12.4. The zero-order valence-electron chi connectivity index (χ0n) is 12.9. The maximum atomic E-state index is 12.4. The first-order chi connectivity index (χ1) is 10.1. The quantitative estimate of drug-likeness (QED) is 0.770. The molecular weight excluding hydrogens is 264 g/mol. The smallest absolute Gasteiger partial charge is 0.170 e. The minimum absolute atomic E-state index is 0.0109. The number of allylic oxidation sites excluding steroid dienone is 2. The molecule has 1 aromatic carbocycles. The van der Waals surface area contributed by atoms with E-state index in [0.717, 1.165) is 18.6 Å². The average molecular weight is 286 g/mol. The van der Waals surface area contributed by atoms with Crippen molar-refractivity contribution >= 4 is 5.78 Å². The van der Waals surface area contributed by atoms with Gasteiger partial charge in [-0.1, -0.05) is 18.6 Å². The molecule has 1 aliphatic carbocycles. The molecular formula is C18H22O3. The molecule has 0 radical (unpaired) electrons. The number of hydrogen-bond donors (Lipinski definition) is 0. The van der Waals surface area contributed by atoms with Crippen molar-refractivity contribution in [2.45, 2.75) is 39.2 Å². The highest BCUT2D eigenvalue weighted by molar-refractivity contribution is 6.00. The highest BCUT2D eigenvalue weighted by atomic mass is 16.5. The van der Waals surface area contributed by atoms with Crippen LogP contribution in [0.25, 0.3) is 0 Å². The van der Waals surface area contributed by atoms with Crippen molar-refractivity contribution in [3.05, 3.63) is 35.4 Å². The van der Waals surface area contributed by atoms with Crippen LogP contribution in [0.4, 0.5) is 0 Å². The molecule has 3 heteroatoms. The Morgan fingerprint density at radius 3 is 2.81 bits per heavy atom. The molecule has 0 saturated carbocycles. The standard InChI is InChI=1S/C18H22O3/c1-11-6-12(2)8-13(7-11)17-10-16(19)15-5-4-14(20-3)9-18(15)21-17/h4-6,9,11,13,17H,7-8,10H2,1-3H3. The number of benzene rings is 1. The van der Waals surface area contributed by atoms with E-state index >= 15 is 0 Å². The second kappa shape index (κ2) is 5.55. The molecule has 0 amide bonds. The molecule has 3 rings (SSSR count). The van der Waals surface area contributed by atoms with Crippen molar-refractivity contribution in [2.75, 3.05) is 7.11 Å². The maximum Gasteiger partial charge on any atom is 0.170 e. The largest absolute Gasteiger partial charge is 0.497 e. The van der Waals surface area contributed by atoms with Crippen molar-refractivity contribution in [2.24, 2.45) is 11.8 Å². The Bertz CT molecular complexity index is 588. The Labute approximate surface area is 125 Å². The van der Waals surface area contributed by atoms with Gasteiger partial charge >= 0.3 is 0 Å². The summed E-state index contributed by atoms with van der Waals surface area (Å²) in [6, 6.07) is 5.45. The predicted molar refractivity (Wildman–Crippen MR) is 82.0 cm³/mol. The third kappa shape index (κ3) is 2.82. The molecule has 1 aromatic rings. The van der Waals surface area contributed by atoms with Crippen LogP contribution in [-0.2, 0) is 0 Å². The molecule has 1 heterocycles. The summed E-state index contributed by atoms with van der Waals surface area (Å²) < 4.78 is 11.4. The van der Waals surface area contributed by atoms with E-state index in [4.69, 9.17) is 9.47 Å². The predicted octanol–water partition coefficient (Wildman–Crippen LogP) is 4.02. The van der Waals surface area contributed by atoms with Crippen LogP contribution in [0, 0.1) is 11.8 Å². The van der Waals surface area contributed by atoms with Crippen molar-refractivity contribution in [1.82, 2.24) is 0 Å². The van der Waals surface area contributed by atoms with Crippen LogP contribution >= 0.6 is 0 Å². The SMILES string of the molecule is COc1ccc2c(c1)OC(C1CC(C)=CC(C)C1)CC2=O. The van der Waals surface area contributed by atoms with E-state index < -0.39 is 0 Å². The van der Waals surface area contributed by atoms with Crippen LogP contribution in [0.5, 0.6) is 11.5 Å². The van der Waals surface area contributed by atoms with Crippen molar-refractivity contribution in [3.63, 3.8) is 0 Å². The lowest BCUT2D eigenvalue weighted by atomic mass is 9.78. The molecule has 21 heavy (non-hydrogen) atoms. The monoisotopic (exact) mass is 286 g/mol. The van der Waals surface area contributed by atoms with Gasteiger partial charge in [0.1, 0.15) is 17.6 Å². The van der Waals surface area contributed by atoms with Crippen molar-refractivity contribution < 1.29 is 14.3 Å². The van der Waals surface area contributed by atoms with Gasteiger partial charge in [-0.2, -0.15) is 0 Å². The Kier molecular flexibility index (Phi) is 3.75. The summed E-state index contributed by atoms with van der Waals surface area (Å²) in [5.74, 6) is 2.58. The highest BCUT2D eigenvalue weighted by Gasteiger charge is 2.34. The van der Waals surface area contributed by atoms with E-state index in [0.29, 0.717) is 29.6 Å². The van der Waals surface area contributed by atoms with Gasteiger partial charge in [-0.3, -0.25) is 4.79 Å². The van der Waals surface area contributed by atoms with Gasteiger partial charge in [-0.25, -0.2) is 0 Å². The number of carbonyl (C=O) groups excluding carboxylic acids is 1. The molecule has 0 spiro atoms. The van der Waals surface area contributed by atoms with E-state index in [1.165, 1.54) is 5.57 Å². The molecule has 3 atom stereocenters. The topological polar surface area (TPSA) is 35.5 Å². The lowest BCUT2D eigenvalue weighted by molar-refractivity contribution is 0.0684. The van der Waals surface area contributed by atoms with Crippen LogP contribution in [0.1, 0.15) is 43.5 Å². The molecule has 0 aromatic heterocycles. The molecule has 3 unspecified atom stereocenters. The summed E-state index contributed by atoms with van der Waals surface area (Å²) >= 11 is 0. The van der Waals surface area contributed by atoms with Gasteiger partial charge in [0.2, 0.25) is 0 Å². The minimum atomic E-state index is -0.0109. The molecule has 2 aliphatic rings. The van der Waals surface area contributed by atoms with Gasteiger partial charge in [0.15, 0.2) is 5.78 Å². The van der Waals surface area contributed by atoms with Gasteiger partial charge < -0.3 is 9.47 Å². The fourth-order valence-electron chi connectivity index (χ4n) is 3.60.